The molecule has 1 aromatic heterocycles. The first-order valence-corrected chi connectivity index (χ1v) is 12.4. The summed E-state index contributed by atoms with van der Waals surface area (Å²) in [5.41, 5.74) is 3.92. The van der Waals surface area contributed by atoms with Gasteiger partial charge in [-0.2, -0.15) is 0 Å². The molecule has 4 amide bonds. The molecule has 38 heavy (non-hydrogen) atoms. The molecular weight excluding hydrogens is 486 g/mol. The van der Waals surface area contributed by atoms with E-state index < -0.39 is 17.8 Å². The summed E-state index contributed by atoms with van der Waals surface area (Å²) in [7, 11) is 0. The molecule has 10 nitrogen and oxygen atoms in total. The number of nitro benzene ring substituents is 1. The summed E-state index contributed by atoms with van der Waals surface area (Å²) in [6.45, 7) is 5.28. The molecule has 0 radical (unpaired) electrons. The second-order valence-corrected chi connectivity index (χ2v) is 9.48. The van der Waals surface area contributed by atoms with Crippen molar-refractivity contribution in [1.29, 1.82) is 0 Å². The zero-order valence-corrected chi connectivity index (χ0v) is 21.1. The van der Waals surface area contributed by atoms with Crippen LogP contribution in [-0.4, -0.2) is 45.3 Å². The number of hydrogen-bond acceptors (Lipinski definition) is 6. The molecule has 0 atom stereocenters. The number of carbonyl (C=O) groups excluding carboxylic acids is 3. The van der Waals surface area contributed by atoms with Gasteiger partial charge >= 0.3 is 6.03 Å². The standard InChI is InChI=1S/C28H27N5O5/c1-18-14-21(15-23-26(34)29-28(36)31(27(23)35)17-20-8-4-3-5-9-20)19(2)32(18)22-10-11-24(25(16-22)33(37)38)30-12-6-7-13-30/h3-5,8-11,14-16H,6-7,12-13,17H2,1-2H3,(H,29,34,36). The van der Waals surface area contributed by atoms with Gasteiger partial charge in [0.2, 0.25) is 0 Å². The molecule has 2 fully saturated rings. The van der Waals surface area contributed by atoms with Crippen molar-refractivity contribution in [3.05, 3.63) is 92.8 Å². The molecule has 0 saturated carbocycles. The van der Waals surface area contributed by atoms with Crippen molar-refractivity contribution < 1.29 is 19.3 Å². The Morgan fingerprint density at radius 3 is 2.39 bits per heavy atom. The number of imide groups is 2. The Morgan fingerprint density at radius 2 is 1.71 bits per heavy atom. The number of rotatable bonds is 6. The molecule has 0 aliphatic carbocycles. The van der Waals surface area contributed by atoms with E-state index in [1.807, 2.05) is 35.4 Å². The van der Waals surface area contributed by atoms with Gasteiger partial charge in [0.05, 0.1) is 17.2 Å². The van der Waals surface area contributed by atoms with Gasteiger partial charge in [-0.15, -0.1) is 0 Å². The van der Waals surface area contributed by atoms with Crippen LogP contribution in [0.1, 0.15) is 35.4 Å². The topological polar surface area (TPSA) is 118 Å². The van der Waals surface area contributed by atoms with Crippen LogP contribution in [0, 0.1) is 24.0 Å². The first kappa shape index (κ1) is 24.9. The number of amides is 4. The number of urea groups is 1. The van der Waals surface area contributed by atoms with E-state index in [1.54, 1.807) is 42.5 Å². The number of nitrogens with one attached hydrogen (secondary N) is 1. The van der Waals surface area contributed by atoms with Crippen molar-refractivity contribution in [2.45, 2.75) is 33.2 Å². The molecule has 1 N–H and O–H groups in total. The van der Waals surface area contributed by atoms with Gasteiger partial charge in [-0.25, -0.2) is 4.79 Å². The van der Waals surface area contributed by atoms with Crippen LogP contribution < -0.4 is 10.2 Å². The Kier molecular flexibility index (Phi) is 6.54. The molecule has 10 heteroatoms. The first-order chi connectivity index (χ1) is 18.2. The zero-order chi connectivity index (χ0) is 27.0. The number of aromatic nitrogens is 1. The Bertz CT molecular complexity index is 1480. The number of anilines is 1. The van der Waals surface area contributed by atoms with Crippen LogP contribution in [0.25, 0.3) is 11.8 Å². The normalized spacial score (nSPS) is 16.9. The van der Waals surface area contributed by atoms with Gasteiger partial charge in [0, 0.05) is 30.5 Å². The van der Waals surface area contributed by atoms with Gasteiger partial charge in [-0.05, 0) is 62.1 Å². The summed E-state index contributed by atoms with van der Waals surface area (Å²) in [5, 5.41) is 14.2. The lowest BCUT2D eigenvalue weighted by molar-refractivity contribution is -0.384. The third kappa shape index (κ3) is 4.56. The maximum absolute atomic E-state index is 13.2. The lowest BCUT2D eigenvalue weighted by Gasteiger charge is -2.26. The average molecular weight is 514 g/mol. The smallest absolute Gasteiger partial charge is 0.331 e. The molecule has 2 aromatic carbocycles. The van der Waals surface area contributed by atoms with E-state index >= 15 is 0 Å². The maximum atomic E-state index is 13.2. The highest BCUT2D eigenvalue weighted by Crippen LogP contribution is 2.34. The van der Waals surface area contributed by atoms with Crippen LogP contribution in [0.2, 0.25) is 0 Å². The molecule has 3 heterocycles. The third-order valence-electron chi connectivity index (χ3n) is 7.00. The van der Waals surface area contributed by atoms with E-state index in [-0.39, 0.29) is 22.7 Å². The molecule has 194 valence electrons. The van der Waals surface area contributed by atoms with E-state index in [1.165, 1.54) is 6.08 Å². The van der Waals surface area contributed by atoms with Crippen LogP contribution >= 0.6 is 0 Å². The number of nitrogens with zero attached hydrogens (tertiary/aromatic N) is 4. The van der Waals surface area contributed by atoms with Crippen molar-refractivity contribution in [2.75, 3.05) is 18.0 Å². The van der Waals surface area contributed by atoms with Gasteiger partial charge in [-0.1, -0.05) is 30.3 Å². The highest BCUT2D eigenvalue weighted by molar-refractivity contribution is 6.31. The second-order valence-electron chi connectivity index (χ2n) is 9.48. The zero-order valence-electron chi connectivity index (χ0n) is 21.1. The summed E-state index contributed by atoms with van der Waals surface area (Å²) < 4.78 is 1.85. The summed E-state index contributed by atoms with van der Waals surface area (Å²) in [6, 6.07) is 15.3. The van der Waals surface area contributed by atoms with Crippen molar-refractivity contribution in [3.63, 3.8) is 0 Å². The van der Waals surface area contributed by atoms with Crippen LogP contribution in [0.4, 0.5) is 16.2 Å². The Labute approximate surface area is 219 Å². The predicted molar refractivity (Wildman–Crippen MR) is 142 cm³/mol. The fourth-order valence-electron chi connectivity index (χ4n) is 5.11. The highest BCUT2D eigenvalue weighted by atomic mass is 16.6. The van der Waals surface area contributed by atoms with Crippen LogP contribution in [-0.2, 0) is 16.1 Å². The first-order valence-electron chi connectivity index (χ1n) is 12.4. The number of benzene rings is 2. The highest BCUT2D eigenvalue weighted by Gasteiger charge is 2.36. The molecule has 0 spiro atoms. The summed E-state index contributed by atoms with van der Waals surface area (Å²) in [4.78, 5) is 52.8. The van der Waals surface area contributed by atoms with E-state index in [0.29, 0.717) is 22.6 Å². The minimum Gasteiger partial charge on any atom is -0.366 e. The van der Waals surface area contributed by atoms with E-state index in [2.05, 4.69) is 5.32 Å². The second kappa shape index (κ2) is 9.97. The fraction of sp³-hybridized carbons (Fsp3) is 0.250. The molecule has 2 aliphatic heterocycles. The molecule has 3 aromatic rings. The van der Waals surface area contributed by atoms with Crippen LogP contribution in [0.3, 0.4) is 0 Å². The maximum Gasteiger partial charge on any atom is 0.331 e. The average Bonchev–Trinajstić information content (AvgIpc) is 3.52. The number of aryl methyl sites for hydroxylation is 1. The van der Waals surface area contributed by atoms with Gasteiger partial charge in [0.25, 0.3) is 17.5 Å². The van der Waals surface area contributed by atoms with Gasteiger partial charge < -0.3 is 9.47 Å². The summed E-state index contributed by atoms with van der Waals surface area (Å²) >= 11 is 0. The Balaban J connectivity index is 1.49. The predicted octanol–water partition coefficient (Wildman–Crippen LogP) is 4.26. The number of barbiturate groups is 1. The SMILES string of the molecule is Cc1cc(C=C2C(=O)NC(=O)N(Cc3ccccc3)C2=O)c(C)n1-c1ccc(N2CCCC2)c([N+](=O)[O-])c1. The van der Waals surface area contributed by atoms with Gasteiger partial charge in [0.15, 0.2) is 0 Å². The number of hydrogen-bond donors (Lipinski definition) is 1. The van der Waals surface area contributed by atoms with Crippen molar-refractivity contribution >= 4 is 35.3 Å². The van der Waals surface area contributed by atoms with Crippen LogP contribution in [0.5, 0.6) is 0 Å². The van der Waals surface area contributed by atoms with Crippen molar-refractivity contribution in [1.82, 2.24) is 14.8 Å². The lowest BCUT2D eigenvalue weighted by Crippen LogP contribution is -2.53. The monoisotopic (exact) mass is 513 g/mol. The molecule has 0 unspecified atom stereocenters. The van der Waals surface area contributed by atoms with E-state index in [0.717, 1.165) is 42.1 Å². The van der Waals surface area contributed by atoms with Gasteiger partial charge in [0.1, 0.15) is 11.3 Å². The van der Waals surface area contributed by atoms with Crippen molar-refractivity contribution in [3.8, 4) is 5.69 Å². The quantitative estimate of drug-likeness (QED) is 0.228. The molecule has 2 saturated heterocycles. The van der Waals surface area contributed by atoms with Crippen molar-refractivity contribution in [2.24, 2.45) is 0 Å². The third-order valence-corrected chi connectivity index (χ3v) is 7.00. The Hall–Kier alpha value is -4.73. The lowest BCUT2D eigenvalue weighted by atomic mass is 10.1. The summed E-state index contributed by atoms with van der Waals surface area (Å²) in [6.07, 6.45) is 3.48. The number of nitro groups is 1. The Morgan fingerprint density at radius 1 is 1.00 bits per heavy atom. The molecule has 5 rings (SSSR count). The molecule has 2 aliphatic rings. The molecular formula is C28H27N5O5. The summed E-state index contributed by atoms with van der Waals surface area (Å²) in [5.74, 6) is -1.45. The van der Waals surface area contributed by atoms with E-state index in [9.17, 15) is 24.5 Å². The number of carbonyl (C=O) groups is 3. The van der Waals surface area contributed by atoms with E-state index in [4.69, 9.17) is 0 Å². The van der Waals surface area contributed by atoms with Gasteiger partial charge in [-0.3, -0.25) is 29.9 Å². The van der Waals surface area contributed by atoms with Crippen LogP contribution in [0.15, 0.2) is 60.2 Å². The molecule has 0 bridgehead atoms. The fourth-order valence-corrected chi connectivity index (χ4v) is 5.11. The minimum atomic E-state index is -0.767. The largest absolute Gasteiger partial charge is 0.366 e. The minimum absolute atomic E-state index is 0.0299.